The van der Waals surface area contributed by atoms with Gasteiger partial charge in [0.05, 0.1) is 5.69 Å². The molecule has 112 valence electrons. The standard InChI is InChI=1S/C17H17N3O2/c1-13(21)16(19-18-14-9-5-3-6-10-14)17(22)20(2)15-11-7-4-8-12-15/h3-12,21H,1-2H3/b16-13-,19-18?. The summed E-state index contributed by atoms with van der Waals surface area (Å²) in [7, 11) is 1.62. The monoisotopic (exact) mass is 295 g/mol. The predicted octanol–water partition coefficient (Wildman–Crippen LogP) is 4.22. The number of allylic oxidation sites excluding steroid dienone is 1. The average Bonchev–Trinajstić information content (AvgIpc) is 2.55. The maximum Gasteiger partial charge on any atom is 0.282 e. The van der Waals surface area contributed by atoms with E-state index in [2.05, 4.69) is 10.2 Å². The molecule has 2 rings (SSSR count). The minimum Gasteiger partial charge on any atom is -0.510 e. The van der Waals surface area contributed by atoms with E-state index in [0.717, 1.165) is 0 Å². The van der Waals surface area contributed by atoms with Gasteiger partial charge >= 0.3 is 0 Å². The third-order valence-corrected chi connectivity index (χ3v) is 3.02. The van der Waals surface area contributed by atoms with E-state index in [1.807, 2.05) is 36.4 Å². The Labute approximate surface area is 129 Å². The van der Waals surface area contributed by atoms with Gasteiger partial charge in [-0.2, -0.15) is 5.11 Å². The first kappa shape index (κ1) is 15.4. The van der Waals surface area contributed by atoms with E-state index in [-0.39, 0.29) is 11.5 Å². The fourth-order valence-electron chi connectivity index (χ4n) is 1.80. The Morgan fingerprint density at radius 1 is 1.00 bits per heavy atom. The molecule has 0 atom stereocenters. The van der Waals surface area contributed by atoms with Crippen LogP contribution in [-0.2, 0) is 4.79 Å². The molecule has 0 saturated carbocycles. The van der Waals surface area contributed by atoms with Crippen molar-refractivity contribution in [2.45, 2.75) is 6.92 Å². The van der Waals surface area contributed by atoms with Crippen LogP contribution in [0.15, 0.2) is 82.3 Å². The Balaban J connectivity index is 2.24. The highest BCUT2D eigenvalue weighted by molar-refractivity contribution is 6.05. The summed E-state index contributed by atoms with van der Waals surface area (Å²) in [5.74, 6) is -0.599. The summed E-state index contributed by atoms with van der Waals surface area (Å²) in [6, 6.07) is 18.2. The van der Waals surface area contributed by atoms with Gasteiger partial charge in [0.1, 0.15) is 5.76 Å². The van der Waals surface area contributed by atoms with Gasteiger partial charge in [0.2, 0.25) is 0 Å². The molecule has 0 aliphatic heterocycles. The number of carbonyl (C=O) groups is 1. The minimum absolute atomic E-state index is 0.0878. The van der Waals surface area contributed by atoms with Crippen LogP contribution in [-0.4, -0.2) is 18.1 Å². The van der Waals surface area contributed by atoms with Crippen molar-refractivity contribution >= 4 is 17.3 Å². The second-order valence-electron chi connectivity index (χ2n) is 4.67. The lowest BCUT2D eigenvalue weighted by Crippen LogP contribution is -2.27. The molecule has 2 aromatic rings. The Kier molecular flexibility index (Phi) is 5.03. The fraction of sp³-hybridized carbons (Fsp3) is 0.118. The molecular formula is C17H17N3O2. The normalized spacial score (nSPS) is 12.1. The first-order valence-corrected chi connectivity index (χ1v) is 6.79. The number of likely N-dealkylation sites (N-methyl/N-ethyl adjacent to an activating group) is 1. The lowest BCUT2D eigenvalue weighted by atomic mass is 10.2. The van der Waals surface area contributed by atoms with Crippen LogP contribution < -0.4 is 4.90 Å². The van der Waals surface area contributed by atoms with Crippen LogP contribution in [0.4, 0.5) is 11.4 Å². The van der Waals surface area contributed by atoms with Crippen LogP contribution in [0.5, 0.6) is 0 Å². The zero-order valence-corrected chi connectivity index (χ0v) is 12.5. The molecule has 5 nitrogen and oxygen atoms in total. The van der Waals surface area contributed by atoms with Crippen molar-refractivity contribution in [1.29, 1.82) is 0 Å². The number of rotatable bonds is 4. The molecule has 1 amide bonds. The number of benzene rings is 2. The van der Waals surface area contributed by atoms with Crippen molar-refractivity contribution in [2.24, 2.45) is 10.2 Å². The lowest BCUT2D eigenvalue weighted by Gasteiger charge is -2.17. The smallest absolute Gasteiger partial charge is 0.282 e. The number of aliphatic hydroxyl groups is 1. The molecule has 0 spiro atoms. The number of carbonyl (C=O) groups excluding carboxylic acids is 1. The quantitative estimate of drug-likeness (QED) is 0.521. The molecule has 0 fully saturated rings. The van der Waals surface area contributed by atoms with Gasteiger partial charge in [-0.3, -0.25) is 4.79 Å². The molecule has 22 heavy (non-hydrogen) atoms. The zero-order valence-electron chi connectivity index (χ0n) is 12.5. The van der Waals surface area contributed by atoms with Crippen molar-refractivity contribution in [3.63, 3.8) is 0 Å². The third-order valence-electron chi connectivity index (χ3n) is 3.02. The van der Waals surface area contributed by atoms with Crippen molar-refractivity contribution in [1.82, 2.24) is 0 Å². The summed E-state index contributed by atoms with van der Waals surface area (Å²) in [5, 5.41) is 17.6. The third kappa shape index (κ3) is 3.79. The molecule has 0 aliphatic rings. The van der Waals surface area contributed by atoms with Crippen molar-refractivity contribution < 1.29 is 9.90 Å². The number of nitrogens with zero attached hydrogens (tertiary/aromatic N) is 3. The van der Waals surface area contributed by atoms with Gasteiger partial charge in [0.15, 0.2) is 5.70 Å². The van der Waals surface area contributed by atoms with E-state index in [9.17, 15) is 9.90 Å². The molecule has 0 radical (unpaired) electrons. The second-order valence-corrected chi connectivity index (χ2v) is 4.67. The molecule has 1 N–H and O–H groups in total. The van der Waals surface area contributed by atoms with Gasteiger partial charge in [-0.15, -0.1) is 5.11 Å². The molecule has 0 saturated heterocycles. The van der Waals surface area contributed by atoms with Crippen LogP contribution in [0.1, 0.15) is 6.92 Å². The molecule has 0 aromatic heterocycles. The van der Waals surface area contributed by atoms with Gasteiger partial charge in [-0.1, -0.05) is 36.4 Å². The highest BCUT2D eigenvalue weighted by Gasteiger charge is 2.19. The summed E-state index contributed by atoms with van der Waals surface area (Å²) >= 11 is 0. The summed E-state index contributed by atoms with van der Waals surface area (Å²) in [6.45, 7) is 1.41. The molecule has 2 aromatic carbocycles. The van der Waals surface area contributed by atoms with Crippen LogP contribution in [0.2, 0.25) is 0 Å². The van der Waals surface area contributed by atoms with Gasteiger partial charge < -0.3 is 10.0 Å². The molecule has 5 heteroatoms. The first-order valence-electron chi connectivity index (χ1n) is 6.79. The number of hydrogen-bond acceptors (Lipinski definition) is 4. The zero-order chi connectivity index (χ0) is 15.9. The van der Waals surface area contributed by atoms with Gasteiger partial charge in [0, 0.05) is 12.7 Å². The van der Waals surface area contributed by atoms with E-state index in [1.165, 1.54) is 11.8 Å². The lowest BCUT2D eigenvalue weighted by molar-refractivity contribution is -0.115. The van der Waals surface area contributed by atoms with E-state index >= 15 is 0 Å². The topological polar surface area (TPSA) is 65.3 Å². The van der Waals surface area contributed by atoms with Crippen LogP contribution in [0, 0.1) is 0 Å². The SMILES string of the molecule is C/C(O)=C(/N=Nc1ccccc1)C(=O)N(C)c1ccccc1. The van der Waals surface area contributed by atoms with E-state index < -0.39 is 5.91 Å². The molecule has 0 heterocycles. The maximum atomic E-state index is 12.5. The Morgan fingerprint density at radius 3 is 2.09 bits per heavy atom. The van der Waals surface area contributed by atoms with E-state index in [4.69, 9.17) is 0 Å². The summed E-state index contributed by atoms with van der Waals surface area (Å²) in [6.07, 6.45) is 0. The number of para-hydroxylation sites is 1. The van der Waals surface area contributed by atoms with Crippen LogP contribution in [0.3, 0.4) is 0 Å². The van der Waals surface area contributed by atoms with Gasteiger partial charge in [-0.05, 0) is 31.2 Å². The van der Waals surface area contributed by atoms with Gasteiger partial charge in [0.25, 0.3) is 5.91 Å². The van der Waals surface area contributed by atoms with Crippen LogP contribution in [0.25, 0.3) is 0 Å². The predicted molar refractivity (Wildman–Crippen MR) is 86.1 cm³/mol. The Bertz CT molecular complexity index is 690. The minimum atomic E-state index is -0.425. The number of hydrogen-bond donors (Lipinski definition) is 1. The number of aliphatic hydroxyl groups excluding tert-OH is 1. The second kappa shape index (κ2) is 7.17. The Morgan fingerprint density at radius 2 is 1.55 bits per heavy atom. The Hall–Kier alpha value is -2.95. The summed E-state index contributed by atoms with van der Waals surface area (Å²) in [5.41, 5.74) is 1.23. The van der Waals surface area contributed by atoms with Gasteiger partial charge in [-0.25, -0.2) is 0 Å². The van der Waals surface area contributed by atoms with Crippen molar-refractivity contribution in [2.75, 3.05) is 11.9 Å². The van der Waals surface area contributed by atoms with E-state index in [0.29, 0.717) is 11.4 Å². The molecule has 0 aliphatic carbocycles. The van der Waals surface area contributed by atoms with E-state index in [1.54, 1.807) is 31.3 Å². The van der Waals surface area contributed by atoms with Crippen molar-refractivity contribution in [3.8, 4) is 0 Å². The largest absolute Gasteiger partial charge is 0.510 e. The van der Waals surface area contributed by atoms with Crippen molar-refractivity contribution in [3.05, 3.63) is 72.1 Å². The summed E-state index contributed by atoms with van der Waals surface area (Å²) in [4.78, 5) is 13.9. The van der Waals surface area contributed by atoms with Crippen LogP contribution >= 0.6 is 0 Å². The maximum absolute atomic E-state index is 12.5. The molecular weight excluding hydrogens is 278 g/mol. The highest BCUT2D eigenvalue weighted by atomic mass is 16.3. The number of amides is 1. The average molecular weight is 295 g/mol. The first-order chi connectivity index (χ1) is 10.6. The number of azo groups is 1. The summed E-state index contributed by atoms with van der Waals surface area (Å²) < 4.78 is 0. The molecule has 0 bridgehead atoms. The number of anilines is 1. The molecule has 0 unspecified atom stereocenters. The fourth-order valence-corrected chi connectivity index (χ4v) is 1.80. The highest BCUT2D eigenvalue weighted by Crippen LogP contribution is 2.18.